The summed E-state index contributed by atoms with van der Waals surface area (Å²) in [5.41, 5.74) is 11.2. The van der Waals surface area contributed by atoms with E-state index >= 15 is 0 Å². The molecule has 106 valence electrons. The van der Waals surface area contributed by atoms with Crippen LogP contribution in [0.15, 0.2) is 34.5 Å². The summed E-state index contributed by atoms with van der Waals surface area (Å²) in [6, 6.07) is 9.63. The number of nitrogens with two attached hydrogens (primary N) is 2. The Morgan fingerprint density at radius 2 is 2.15 bits per heavy atom. The molecule has 0 unspecified atom stereocenters. The highest BCUT2D eigenvalue weighted by Crippen LogP contribution is 2.13. The van der Waals surface area contributed by atoms with E-state index in [1.54, 1.807) is 6.21 Å². The van der Waals surface area contributed by atoms with Gasteiger partial charge in [-0.05, 0) is 37.0 Å². The monoisotopic (exact) mass is 273 g/mol. The fraction of sp³-hybridized carbons (Fsp3) is 0.357. The van der Waals surface area contributed by atoms with Crippen molar-refractivity contribution in [3.8, 4) is 11.8 Å². The van der Waals surface area contributed by atoms with E-state index in [-0.39, 0.29) is 5.96 Å². The molecule has 20 heavy (non-hydrogen) atoms. The predicted octanol–water partition coefficient (Wildman–Crippen LogP) is 1.76. The van der Waals surface area contributed by atoms with Gasteiger partial charge >= 0.3 is 0 Å². The van der Waals surface area contributed by atoms with Gasteiger partial charge in [0, 0.05) is 6.42 Å². The summed E-state index contributed by atoms with van der Waals surface area (Å²) in [7, 11) is 0. The summed E-state index contributed by atoms with van der Waals surface area (Å²) in [6.07, 6.45) is 5.02. The van der Waals surface area contributed by atoms with Crippen molar-refractivity contribution >= 4 is 12.2 Å². The first-order valence-electron chi connectivity index (χ1n) is 6.44. The molecular weight excluding hydrogens is 254 g/mol. The molecule has 0 spiro atoms. The number of ether oxygens (including phenoxy) is 1. The molecule has 0 heterocycles. The largest absolute Gasteiger partial charge is 0.494 e. The van der Waals surface area contributed by atoms with Crippen LogP contribution in [0.2, 0.25) is 0 Å². The van der Waals surface area contributed by atoms with E-state index in [1.807, 2.05) is 24.3 Å². The van der Waals surface area contributed by atoms with Crippen LogP contribution in [0.1, 0.15) is 31.2 Å². The summed E-state index contributed by atoms with van der Waals surface area (Å²) in [5, 5.41) is 15.7. The molecule has 1 aromatic rings. The maximum absolute atomic E-state index is 8.42. The number of guanidine groups is 1. The van der Waals surface area contributed by atoms with Crippen LogP contribution in [0, 0.1) is 11.3 Å². The summed E-state index contributed by atoms with van der Waals surface area (Å²) in [6.45, 7) is 0.639. The molecule has 6 heteroatoms. The number of unbranched alkanes of at least 4 members (excludes halogenated alkanes) is 3. The van der Waals surface area contributed by atoms with Crippen LogP contribution in [-0.4, -0.2) is 18.8 Å². The van der Waals surface area contributed by atoms with Crippen molar-refractivity contribution in [3.63, 3.8) is 0 Å². The molecule has 0 fully saturated rings. The smallest absolute Gasteiger partial charge is 0.211 e. The van der Waals surface area contributed by atoms with Gasteiger partial charge in [0.05, 0.1) is 18.9 Å². The summed E-state index contributed by atoms with van der Waals surface area (Å²) in [4.78, 5) is 0. The maximum Gasteiger partial charge on any atom is 0.211 e. The van der Waals surface area contributed by atoms with Crippen LogP contribution in [-0.2, 0) is 0 Å². The zero-order valence-corrected chi connectivity index (χ0v) is 11.3. The number of hydrogen-bond acceptors (Lipinski definition) is 4. The summed E-state index contributed by atoms with van der Waals surface area (Å²) in [5.74, 6) is 0.699. The molecule has 4 N–H and O–H groups in total. The topological polar surface area (TPSA) is 110 Å². The fourth-order valence-electron chi connectivity index (χ4n) is 1.52. The minimum Gasteiger partial charge on any atom is -0.494 e. The SMILES string of the molecule is N#CCCCCCOc1cccc(C=NN=C(N)N)c1. The van der Waals surface area contributed by atoms with Crippen LogP contribution in [0.5, 0.6) is 5.75 Å². The molecule has 0 aliphatic heterocycles. The summed E-state index contributed by atoms with van der Waals surface area (Å²) < 4.78 is 5.62. The van der Waals surface area contributed by atoms with Crippen molar-refractivity contribution in [1.82, 2.24) is 0 Å². The highest BCUT2D eigenvalue weighted by atomic mass is 16.5. The van der Waals surface area contributed by atoms with Crippen LogP contribution in [0.3, 0.4) is 0 Å². The van der Waals surface area contributed by atoms with Gasteiger partial charge in [0.1, 0.15) is 5.75 Å². The normalized spacial score (nSPS) is 10.2. The average molecular weight is 273 g/mol. The third kappa shape index (κ3) is 7.01. The van der Waals surface area contributed by atoms with Gasteiger partial charge in [-0.3, -0.25) is 0 Å². The lowest BCUT2D eigenvalue weighted by molar-refractivity contribution is 0.305. The van der Waals surface area contributed by atoms with Crippen molar-refractivity contribution in [1.29, 1.82) is 5.26 Å². The first kappa shape index (κ1) is 15.5. The molecule has 0 saturated heterocycles. The molecule has 0 amide bonds. The molecule has 0 atom stereocenters. The number of nitriles is 1. The molecule has 0 bridgehead atoms. The Morgan fingerprint density at radius 3 is 2.90 bits per heavy atom. The van der Waals surface area contributed by atoms with Gasteiger partial charge < -0.3 is 16.2 Å². The maximum atomic E-state index is 8.42. The van der Waals surface area contributed by atoms with Crippen molar-refractivity contribution in [2.24, 2.45) is 21.7 Å². The van der Waals surface area contributed by atoms with Gasteiger partial charge in [0.25, 0.3) is 0 Å². The van der Waals surface area contributed by atoms with Gasteiger partial charge in [-0.25, -0.2) is 0 Å². The Kier molecular flexibility index (Phi) is 7.28. The Balaban J connectivity index is 2.38. The van der Waals surface area contributed by atoms with E-state index in [9.17, 15) is 0 Å². The minimum absolute atomic E-state index is 0.0778. The molecule has 6 nitrogen and oxygen atoms in total. The van der Waals surface area contributed by atoms with Gasteiger partial charge in [0.2, 0.25) is 5.96 Å². The van der Waals surface area contributed by atoms with E-state index in [0.29, 0.717) is 13.0 Å². The molecule has 0 aliphatic rings. The second-order valence-electron chi connectivity index (χ2n) is 4.16. The van der Waals surface area contributed by atoms with E-state index in [4.69, 9.17) is 21.5 Å². The van der Waals surface area contributed by atoms with Crippen molar-refractivity contribution in [3.05, 3.63) is 29.8 Å². The highest BCUT2D eigenvalue weighted by Gasteiger charge is 1.96. The Labute approximate surface area is 118 Å². The first-order chi connectivity index (χ1) is 9.72. The Bertz CT molecular complexity index is 501. The molecular formula is C14H19N5O. The summed E-state index contributed by atoms with van der Waals surface area (Å²) >= 11 is 0. The van der Waals surface area contributed by atoms with Crippen LogP contribution in [0.25, 0.3) is 0 Å². The van der Waals surface area contributed by atoms with Crippen LogP contribution >= 0.6 is 0 Å². The minimum atomic E-state index is -0.0778. The number of nitrogens with zero attached hydrogens (tertiary/aromatic N) is 3. The number of hydrogen-bond donors (Lipinski definition) is 2. The van der Waals surface area contributed by atoms with E-state index in [2.05, 4.69) is 16.3 Å². The van der Waals surface area contributed by atoms with Crippen molar-refractivity contribution in [2.45, 2.75) is 25.7 Å². The van der Waals surface area contributed by atoms with Gasteiger partial charge in [-0.15, -0.1) is 5.10 Å². The lowest BCUT2D eigenvalue weighted by Gasteiger charge is -2.06. The van der Waals surface area contributed by atoms with E-state index in [1.165, 1.54) is 0 Å². The third-order valence-electron chi connectivity index (χ3n) is 2.44. The lowest BCUT2D eigenvalue weighted by Crippen LogP contribution is -2.21. The molecule has 0 aromatic heterocycles. The quantitative estimate of drug-likeness (QED) is 0.325. The van der Waals surface area contributed by atoms with E-state index in [0.717, 1.165) is 30.6 Å². The second-order valence-corrected chi connectivity index (χ2v) is 4.16. The lowest BCUT2D eigenvalue weighted by atomic mass is 10.2. The van der Waals surface area contributed by atoms with Crippen molar-refractivity contribution < 1.29 is 4.74 Å². The number of benzene rings is 1. The predicted molar refractivity (Wildman–Crippen MR) is 79.4 cm³/mol. The number of rotatable bonds is 8. The first-order valence-corrected chi connectivity index (χ1v) is 6.44. The van der Waals surface area contributed by atoms with Crippen molar-refractivity contribution in [2.75, 3.05) is 6.61 Å². The molecule has 0 radical (unpaired) electrons. The van der Waals surface area contributed by atoms with E-state index < -0.39 is 0 Å². The molecule has 0 aliphatic carbocycles. The Morgan fingerprint density at radius 1 is 1.30 bits per heavy atom. The molecule has 1 aromatic carbocycles. The van der Waals surface area contributed by atoms with Crippen LogP contribution in [0.4, 0.5) is 0 Å². The van der Waals surface area contributed by atoms with Gasteiger partial charge in [-0.1, -0.05) is 12.1 Å². The highest BCUT2D eigenvalue weighted by molar-refractivity contribution is 5.81. The molecule has 0 saturated carbocycles. The fourth-order valence-corrected chi connectivity index (χ4v) is 1.52. The molecule has 1 rings (SSSR count). The zero-order valence-electron chi connectivity index (χ0n) is 11.3. The third-order valence-corrected chi connectivity index (χ3v) is 2.44. The van der Waals surface area contributed by atoms with Gasteiger partial charge in [0.15, 0.2) is 0 Å². The standard InChI is InChI=1S/C14H19N5O/c15-8-3-1-2-4-9-20-13-7-5-6-12(10-13)11-18-19-14(16)17/h5-7,10-11H,1-4,9H2,(H4,16,17,19). The zero-order chi connectivity index (χ0) is 14.6. The second kappa shape index (κ2) is 9.39. The average Bonchev–Trinajstić information content (AvgIpc) is 2.43. The van der Waals surface area contributed by atoms with Crippen LogP contribution < -0.4 is 16.2 Å². The Hall–Kier alpha value is -2.55. The van der Waals surface area contributed by atoms with Gasteiger partial charge in [-0.2, -0.15) is 10.4 Å².